The summed E-state index contributed by atoms with van der Waals surface area (Å²) in [4.78, 5) is 13.7. The molecule has 8 heteroatoms. The largest absolute Gasteiger partial charge is 0.488 e. The van der Waals surface area contributed by atoms with Crippen LogP contribution in [-0.4, -0.2) is 40.8 Å². The molecule has 7 nitrogen and oxygen atoms in total. The normalized spacial score (nSPS) is 16.0. The number of carbonyl (C=O) groups is 1. The van der Waals surface area contributed by atoms with Crippen LogP contribution in [0.25, 0.3) is 0 Å². The van der Waals surface area contributed by atoms with Crippen molar-refractivity contribution in [2.75, 3.05) is 19.3 Å². The van der Waals surface area contributed by atoms with Crippen LogP contribution in [0.3, 0.4) is 0 Å². The lowest BCUT2D eigenvalue weighted by Crippen LogP contribution is -2.42. The van der Waals surface area contributed by atoms with Crippen molar-refractivity contribution in [3.63, 3.8) is 0 Å². The number of hydrogen-bond acceptors (Lipinski definition) is 6. The quantitative estimate of drug-likeness (QED) is 0.885. The molecule has 0 radical (unpaired) electrons. The highest BCUT2D eigenvalue weighted by atomic mass is 32.1. The van der Waals surface area contributed by atoms with Gasteiger partial charge >= 0.3 is 6.03 Å². The molecule has 0 aliphatic carbocycles. The van der Waals surface area contributed by atoms with Gasteiger partial charge in [-0.15, -0.1) is 10.2 Å². The standard InChI is InChI=1S/C14H17N5O2S/c1-19(14(20)16-7-12-17-18-13(15)22-12)8-10-6-9-4-2-3-5-11(9)21-10/h2-5,10H,6-8H2,1H3,(H2,15,18)(H,16,20)/t10-/m1/s1. The Labute approximate surface area is 132 Å². The second-order valence-electron chi connectivity index (χ2n) is 5.12. The number of fused-ring (bicyclic) bond motifs is 1. The maximum absolute atomic E-state index is 12.1. The lowest BCUT2D eigenvalue weighted by molar-refractivity contribution is 0.164. The van der Waals surface area contributed by atoms with Crippen molar-refractivity contribution in [2.24, 2.45) is 0 Å². The monoisotopic (exact) mass is 319 g/mol. The molecule has 0 bridgehead atoms. The fourth-order valence-corrected chi connectivity index (χ4v) is 2.92. The van der Waals surface area contributed by atoms with Crippen molar-refractivity contribution in [3.8, 4) is 5.75 Å². The van der Waals surface area contributed by atoms with Crippen LogP contribution in [0, 0.1) is 0 Å². The van der Waals surface area contributed by atoms with E-state index in [9.17, 15) is 4.79 Å². The van der Waals surface area contributed by atoms with Crippen LogP contribution < -0.4 is 15.8 Å². The molecule has 22 heavy (non-hydrogen) atoms. The fourth-order valence-electron chi connectivity index (χ4n) is 2.37. The van der Waals surface area contributed by atoms with Crippen molar-refractivity contribution in [1.29, 1.82) is 0 Å². The zero-order valence-corrected chi connectivity index (χ0v) is 13.0. The molecule has 1 aromatic heterocycles. The van der Waals surface area contributed by atoms with Gasteiger partial charge in [0.1, 0.15) is 16.9 Å². The topological polar surface area (TPSA) is 93.4 Å². The number of nitrogens with two attached hydrogens (primary N) is 1. The summed E-state index contributed by atoms with van der Waals surface area (Å²) >= 11 is 1.26. The Kier molecular flexibility index (Phi) is 4.10. The highest BCUT2D eigenvalue weighted by molar-refractivity contribution is 7.15. The number of ether oxygens (including phenoxy) is 1. The van der Waals surface area contributed by atoms with Crippen molar-refractivity contribution in [1.82, 2.24) is 20.4 Å². The molecule has 1 aliphatic heterocycles. The van der Waals surface area contributed by atoms with Gasteiger partial charge in [0, 0.05) is 13.5 Å². The maximum Gasteiger partial charge on any atom is 0.317 e. The molecule has 0 saturated heterocycles. The number of amides is 2. The summed E-state index contributed by atoms with van der Waals surface area (Å²) < 4.78 is 5.84. The molecule has 3 rings (SSSR count). The van der Waals surface area contributed by atoms with E-state index >= 15 is 0 Å². The Bertz CT molecular complexity index is 650. The van der Waals surface area contributed by atoms with Gasteiger partial charge < -0.3 is 20.7 Å². The average molecular weight is 319 g/mol. The second kappa shape index (κ2) is 6.18. The third kappa shape index (κ3) is 3.28. The van der Waals surface area contributed by atoms with Crippen molar-refractivity contribution >= 4 is 22.5 Å². The number of urea groups is 1. The van der Waals surface area contributed by atoms with Gasteiger partial charge in [-0.05, 0) is 11.6 Å². The number of benzene rings is 1. The summed E-state index contributed by atoms with van der Waals surface area (Å²) in [7, 11) is 1.75. The van der Waals surface area contributed by atoms with Crippen LogP contribution in [0.2, 0.25) is 0 Å². The predicted molar refractivity (Wildman–Crippen MR) is 83.7 cm³/mol. The van der Waals surface area contributed by atoms with E-state index < -0.39 is 0 Å². The van der Waals surface area contributed by atoms with E-state index in [1.54, 1.807) is 11.9 Å². The van der Waals surface area contributed by atoms with E-state index in [2.05, 4.69) is 21.6 Å². The van der Waals surface area contributed by atoms with Gasteiger partial charge in [0.25, 0.3) is 0 Å². The summed E-state index contributed by atoms with van der Waals surface area (Å²) in [5.74, 6) is 0.908. The number of nitrogens with one attached hydrogen (secondary N) is 1. The van der Waals surface area contributed by atoms with Crippen LogP contribution in [0.4, 0.5) is 9.93 Å². The molecule has 0 spiro atoms. The van der Waals surface area contributed by atoms with E-state index in [0.29, 0.717) is 23.2 Å². The van der Waals surface area contributed by atoms with Crippen LogP contribution in [0.1, 0.15) is 10.6 Å². The second-order valence-corrected chi connectivity index (χ2v) is 6.22. The maximum atomic E-state index is 12.1. The van der Waals surface area contributed by atoms with Crippen molar-refractivity contribution < 1.29 is 9.53 Å². The van der Waals surface area contributed by atoms with Gasteiger partial charge in [0.2, 0.25) is 5.13 Å². The van der Waals surface area contributed by atoms with Crippen LogP contribution in [-0.2, 0) is 13.0 Å². The molecule has 116 valence electrons. The number of para-hydroxylation sites is 1. The molecule has 2 heterocycles. The van der Waals surface area contributed by atoms with E-state index in [1.165, 1.54) is 16.9 Å². The molecule has 2 amide bonds. The number of carbonyl (C=O) groups excluding carboxylic acids is 1. The molecular weight excluding hydrogens is 302 g/mol. The highest BCUT2D eigenvalue weighted by Gasteiger charge is 2.25. The third-order valence-corrected chi connectivity index (χ3v) is 4.16. The summed E-state index contributed by atoms with van der Waals surface area (Å²) in [5, 5.41) is 11.4. The van der Waals surface area contributed by atoms with Crippen LogP contribution in [0.15, 0.2) is 24.3 Å². The molecule has 0 saturated carbocycles. The number of nitrogen functional groups attached to an aromatic ring is 1. The number of anilines is 1. The van der Waals surface area contributed by atoms with E-state index in [-0.39, 0.29) is 12.1 Å². The van der Waals surface area contributed by atoms with E-state index in [0.717, 1.165) is 12.2 Å². The molecule has 1 atom stereocenters. The lowest BCUT2D eigenvalue weighted by atomic mass is 10.1. The SMILES string of the molecule is CN(C[C@H]1Cc2ccccc2O1)C(=O)NCc1nnc(N)s1. The minimum atomic E-state index is -0.173. The fraction of sp³-hybridized carbons (Fsp3) is 0.357. The molecule has 0 fully saturated rings. The number of aromatic nitrogens is 2. The number of likely N-dealkylation sites (N-methyl/N-ethyl adjacent to an activating group) is 1. The van der Waals surface area contributed by atoms with Gasteiger partial charge in [-0.25, -0.2) is 4.79 Å². The number of nitrogens with zero attached hydrogens (tertiary/aromatic N) is 3. The van der Waals surface area contributed by atoms with Gasteiger partial charge in [-0.2, -0.15) is 0 Å². The van der Waals surface area contributed by atoms with Gasteiger partial charge in [-0.1, -0.05) is 29.5 Å². The first-order valence-electron chi connectivity index (χ1n) is 6.93. The smallest absolute Gasteiger partial charge is 0.317 e. The molecule has 1 aromatic carbocycles. The van der Waals surface area contributed by atoms with Crippen molar-refractivity contribution in [3.05, 3.63) is 34.8 Å². The van der Waals surface area contributed by atoms with Gasteiger partial charge in [0.15, 0.2) is 0 Å². The minimum absolute atomic E-state index is 0.00896. The Morgan fingerprint density at radius 1 is 1.50 bits per heavy atom. The molecule has 1 aliphatic rings. The molecule has 0 unspecified atom stereocenters. The number of hydrogen-bond donors (Lipinski definition) is 2. The summed E-state index contributed by atoms with van der Waals surface area (Å²) in [6.07, 6.45) is 0.811. The van der Waals surface area contributed by atoms with Crippen molar-refractivity contribution in [2.45, 2.75) is 19.1 Å². The molecular formula is C14H17N5O2S. The van der Waals surface area contributed by atoms with Gasteiger partial charge in [0.05, 0.1) is 13.1 Å². The minimum Gasteiger partial charge on any atom is -0.488 e. The van der Waals surface area contributed by atoms with Crippen LogP contribution in [0.5, 0.6) is 5.75 Å². The first kappa shape index (κ1) is 14.6. The Balaban J connectivity index is 1.48. The molecule has 2 aromatic rings. The Morgan fingerprint density at radius 3 is 3.05 bits per heavy atom. The van der Waals surface area contributed by atoms with Gasteiger partial charge in [-0.3, -0.25) is 0 Å². The summed E-state index contributed by atoms with van der Waals surface area (Å²) in [5.41, 5.74) is 6.69. The Hall–Kier alpha value is -2.35. The lowest BCUT2D eigenvalue weighted by Gasteiger charge is -2.21. The Morgan fingerprint density at radius 2 is 2.32 bits per heavy atom. The third-order valence-electron chi connectivity index (χ3n) is 3.41. The van der Waals surface area contributed by atoms with Crippen LogP contribution >= 0.6 is 11.3 Å². The summed E-state index contributed by atoms with van der Waals surface area (Å²) in [6.45, 7) is 0.850. The zero-order chi connectivity index (χ0) is 15.5. The summed E-state index contributed by atoms with van der Waals surface area (Å²) in [6, 6.07) is 7.78. The zero-order valence-electron chi connectivity index (χ0n) is 12.2. The predicted octanol–water partition coefficient (Wildman–Crippen LogP) is 1.27. The first-order valence-corrected chi connectivity index (χ1v) is 7.75. The number of rotatable bonds is 4. The first-order chi connectivity index (χ1) is 10.6. The average Bonchev–Trinajstić information content (AvgIpc) is 3.09. The van der Waals surface area contributed by atoms with E-state index in [4.69, 9.17) is 10.5 Å². The van der Waals surface area contributed by atoms with E-state index in [1.807, 2.05) is 18.2 Å². The molecule has 3 N–H and O–H groups in total. The highest BCUT2D eigenvalue weighted by Crippen LogP contribution is 2.28.